The van der Waals surface area contributed by atoms with Crippen LogP contribution in [0.2, 0.25) is 15.1 Å². The molecule has 0 unspecified atom stereocenters. The van der Waals surface area contributed by atoms with Crippen LogP contribution in [-0.4, -0.2) is 25.0 Å². The van der Waals surface area contributed by atoms with Gasteiger partial charge in [0.05, 0.1) is 20.8 Å². The minimum absolute atomic E-state index is 0.0607. The van der Waals surface area contributed by atoms with Gasteiger partial charge in [-0.1, -0.05) is 71.2 Å². The van der Waals surface area contributed by atoms with Crippen molar-refractivity contribution in [3.63, 3.8) is 0 Å². The van der Waals surface area contributed by atoms with Gasteiger partial charge in [0.1, 0.15) is 6.54 Å². The van der Waals surface area contributed by atoms with E-state index < -0.39 is 18.5 Å². The summed E-state index contributed by atoms with van der Waals surface area (Å²) in [4.78, 5) is 26.4. The van der Waals surface area contributed by atoms with E-state index in [1.807, 2.05) is 60.7 Å². The number of hydrogen-bond donors (Lipinski definition) is 1. The van der Waals surface area contributed by atoms with Crippen molar-refractivity contribution < 1.29 is 14.3 Å². The topological polar surface area (TPSA) is 58.6 Å². The average Bonchev–Trinajstić information content (AvgIpc) is 2.75. The van der Waals surface area contributed by atoms with Crippen molar-refractivity contribution in [2.24, 2.45) is 0 Å². The van der Waals surface area contributed by atoms with E-state index in [2.05, 4.69) is 5.32 Å². The first-order valence-electron chi connectivity index (χ1n) is 8.91. The Hall–Kier alpha value is -2.73. The number of anilines is 3. The Morgan fingerprint density at radius 2 is 1.33 bits per heavy atom. The van der Waals surface area contributed by atoms with Crippen molar-refractivity contribution in [3.05, 3.63) is 87.9 Å². The third-order valence-corrected chi connectivity index (χ3v) is 5.11. The van der Waals surface area contributed by atoms with Crippen molar-refractivity contribution in [1.82, 2.24) is 0 Å². The zero-order valence-corrected chi connectivity index (χ0v) is 17.9. The highest BCUT2D eigenvalue weighted by atomic mass is 35.5. The van der Waals surface area contributed by atoms with Crippen LogP contribution in [0.1, 0.15) is 0 Å². The van der Waals surface area contributed by atoms with Crippen molar-refractivity contribution in [3.8, 4) is 0 Å². The highest BCUT2D eigenvalue weighted by Crippen LogP contribution is 2.32. The fourth-order valence-corrected chi connectivity index (χ4v) is 3.27. The van der Waals surface area contributed by atoms with E-state index in [9.17, 15) is 9.59 Å². The number of amides is 1. The molecule has 0 aliphatic heterocycles. The molecule has 3 aromatic rings. The number of para-hydroxylation sites is 2. The Balaban J connectivity index is 1.62. The second-order valence-electron chi connectivity index (χ2n) is 6.21. The fraction of sp³-hybridized carbons (Fsp3) is 0.0909. The minimum Gasteiger partial charge on any atom is -0.454 e. The number of benzene rings is 3. The van der Waals surface area contributed by atoms with E-state index in [0.717, 1.165) is 11.4 Å². The molecule has 0 aliphatic rings. The highest BCUT2D eigenvalue weighted by molar-refractivity contribution is 6.44. The summed E-state index contributed by atoms with van der Waals surface area (Å²) >= 11 is 17.8. The standard InChI is InChI=1S/C22H17Cl3N2O3/c23-17-11-19(25)20(12-18(17)24)26-21(28)14-30-22(29)13-27(15-7-3-1-4-8-15)16-9-5-2-6-10-16/h1-12H,13-14H2,(H,26,28). The predicted octanol–water partition coefficient (Wildman–Crippen LogP) is 5.97. The van der Waals surface area contributed by atoms with Crippen LogP contribution in [0.4, 0.5) is 17.1 Å². The molecule has 154 valence electrons. The Bertz CT molecular complexity index is 991. The first-order valence-corrected chi connectivity index (χ1v) is 10.0. The summed E-state index contributed by atoms with van der Waals surface area (Å²) in [7, 11) is 0. The summed E-state index contributed by atoms with van der Waals surface area (Å²) in [5.41, 5.74) is 1.93. The third kappa shape index (κ3) is 5.89. The number of carbonyl (C=O) groups is 2. The number of rotatable bonds is 7. The van der Waals surface area contributed by atoms with E-state index in [1.165, 1.54) is 12.1 Å². The number of halogens is 3. The molecule has 0 bridgehead atoms. The number of ether oxygens (including phenoxy) is 1. The van der Waals surface area contributed by atoms with Crippen LogP contribution >= 0.6 is 34.8 Å². The van der Waals surface area contributed by atoms with E-state index in [0.29, 0.717) is 0 Å². The van der Waals surface area contributed by atoms with Gasteiger partial charge in [0.25, 0.3) is 5.91 Å². The molecule has 0 heterocycles. The lowest BCUT2D eigenvalue weighted by atomic mass is 10.2. The molecule has 0 saturated heterocycles. The summed E-state index contributed by atoms with van der Waals surface area (Å²) in [5.74, 6) is -1.10. The maximum Gasteiger partial charge on any atom is 0.326 e. The molecule has 3 aromatic carbocycles. The second-order valence-corrected chi connectivity index (χ2v) is 7.43. The zero-order chi connectivity index (χ0) is 21.5. The lowest BCUT2D eigenvalue weighted by Gasteiger charge is -2.24. The van der Waals surface area contributed by atoms with Gasteiger partial charge in [0.2, 0.25) is 0 Å². The van der Waals surface area contributed by atoms with Crippen LogP contribution in [0.25, 0.3) is 0 Å². The number of carbonyl (C=O) groups excluding carboxylic acids is 2. The Labute approximate surface area is 189 Å². The van der Waals surface area contributed by atoms with Gasteiger partial charge in [-0.25, -0.2) is 0 Å². The Kier molecular flexibility index (Phi) is 7.57. The van der Waals surface area contributed by atoms with Crippen molar-refractivity contribution in [1.29, 1.82) is 0 Å². The lowest BCUT2D eigenvalue weighted by Crippen LogP contribution is -2.29. The molecule has 0 aliphatic carbocycles. The number of hydrogen-bond acceptors (Lipinski definition) is 4. The molecule has 0 atom stereocenters. The molecular formula is C22H17Cl3N2O3. The van der Waals surface area contributed by atoms with Crippen molar-refractivity contribution in [2.45, 2.75) is 0 Å². The summed E-state index contributed by atoms with van der Waals surface area (Å²) in [6.45, 7) is -0.526. The zero-order valence-electron chi connectivity index (χ0n) is 15.6. The highest BCUT2D eigenvalue weighted by Gasteiger charge is 2.16. The molecule has 0 radical (unpaired) electrons. The van der Waals surface area contributed by atoms with Crippen LogP contribution in [-0.2, 0) is 14.3 Å². The SMILES string of the molecule is O=C(COC(=O)CN(c1ccccc1)c1ccccc1)Nc1cc(Cl)c(Cl)cc1Cl. The van der Waals surface area contributed by atoms with Gasteiger partial charge < -0.3 is 15.0 Å². The normalized spacial score (nSPS) is 10.4. The van der Waals surface area contributed by atoms with Crippen LogP contribution < -0.4 is 10.2 Å². The summed E-state index contributed by atoms with van der Waals surface area (Å²) in [6, 6.07) is 21.7. The van der Waals surface area contributed by atoms with E-state index >= 15 is 0 Å². The number of nitrogens with zero attached hydrogens (tertiary/aromatic N) is 1. The molecule has 3 rings (SSSR count). The van der Waals surface area contributed by atoms with Gasteiger partial charge in [-0.2, -0.15) is 0 Å². The summed E-state index contributed by atoms with van der Waals surface area (Å²) in [5, 5.41) is 3.29. The lowest BCUT2D eigenvalue weighted by molar-refractivity contribution is -0.145. The molecular weight excluding hydrogens is 447 g/mol. The predicted molar refractivity (Wildman–Crippen MR) is 121 cm³/mol. The minimum atomic E-state index is -0.557. The molecule has 0 aromatic heterocycles. The maximum absolute atomic E-state index is 12.4. The van der Waals surface area contributed by atoms with Gasteiger partial charge in [0, 0.05) is 11.4 Å². The molecule has 0 saturated carbocycles. The maximum atomic E-state index is 12.4. The fourth-order valence-electron chi connectivity index (χ4n) is 2.67. The second kappa shape index (κ2) is 10.3. The molecule has 8 heteroatoms. The first kappa shape index (κ1) is 22.0. The Morgan fingerprint density at radius 1 is 0.800 bits per heavy atom. The molecule has 1 N–H and O–H groups in total. The van der Waals surface area contributed by atoms with Crippen LogP contribution in [0.3, 0.4) is 0 Å². The van der Waals surface area contributed by atoms with E-state index in [4.69, 9.17) is 39.5 Å². The molecule has 5 nitrogen and oxygen atoms in total. The van der Waals surface area contributed by atoms with Crippen molar-refractivity contribution >= 4 is 63.7 Å². The molecule has 0 fully saturated rings. The quantitative estimate of drug-likeness (QED) is 0.346. The number of nitrogens with one attached hydrogen (secondary N) is 1. The van der Waals surface area contributed by atoms with E-state index in [-0.39, 0.29) is 27.3 Å². The van der Waals surface area contributed by atoms with E-state index in [1.54, 1.807) is 4.90 Å². The average molecular weight is 464 g/mol. The van der Waals surface area contributed by atoms with Gasteiger partial charge >= 0.3 is 5.97 Å². The monoisotopic (exact) mass is 462 g/mol. The summed E-state index contributed by atoms with van der Waals surface area (Å²) in [6.07, 6.45) is 0. The Morgan fingerprint density at radius 3 is 1.90 bits per heavy atom. The largest absolute Gasteiger partial charge is 0.454 e. The van der Waals surface area contributed by atoms with Gasteiger partial charge in [0.15, 0.2) is 6.61 Å². The van der Waals surface area contributed by atoms with Crippen LogP contribution in [0.15, 0.2) is 72.8 Å². The molecule has 30 heavy (non-hydrogen) atoms. The third-order valence-electron chi connectivity index (χ3n) is 4.07. The van der Waals surface area contributed by atoms with Gasteiger partial charge in [-0.3, -0.25) is 9.59 Å². The molecule has 0 spiro atoms. The first-order chi connectivity index (χ1) is 14.4. The van der Waals surface area contributed by atoms with Crippen LogP contribution in [0.5, 0.6) is 0 Å². The summed E-state index contributed by atoms with van der Waals surface area (Å²) < 4.78 is 5.15. The number of esters is 1. The van der Waals surface area contributed by atoms with Crippen molar-refractivity contribution in [2.75, 3.05) is 23.4 Å². The van der Waals surface area contributed by atoms with Crippen LogP contribution in [0, 0.1) is 0 Å². The molecule has 1 amide bonds. The van der Waals surface area contributed by atoms with Gasteiger partial charge in [-0.05, 0) is 36.4 Å². The smallest absolute Gasteiger partial charge is 0.326 e. The van der Waals surface area contributed by atoms with Gasteiger partial charge in [-0.15, -0.1) is 0 Å².